The van der Waals surface area contributed by atoms with Gasteiger partial charge in [-0.2, -0.15) is 0 Å². The summed E-state index contributed by atoms with van der Waals surface area (Å²) in [6, 6.07) is 20.1. The van der Waals surface area contributed by atoms with Gasteiger partial charge in [-0.25, -0.2) is 9.37 Å². The maximum absolute atomic E-state index is 13.4. The van der Waals surface area contributed by atoms with Gasteiger partial charge in [0.15, 0.2) is 12.3 Å². The number of hydrogen-bond donors (Lipinski definition) is 1. The van der Waals surface area contributed by atoms with Crippen molar-refractivity contribution in [1.29, 1.82) is 0 Å². The van der Waals surface area contributed by atoms with Crippen molar-refractivity contribution >= 4 is 11.8 Å². The summed E-state index contributed by atoms with van der Waals surface area (Å²) in [4.78, 5) is 32.0. The van der Waals surface area contributed by atoms with Gasteiger partial charge in [0.2, 0.25) is 11.8 Å². The highest BCUT2D eigenvalue weighted by Gasteiger charge is 2.32. The van der Waals surface area contributed by atoms with Crippen LogP contribution in [0.5, 0.6) is 5.75 Å². The van der Waals surface area contributed by atoms with E-state index in [9.17, 15) is 14.0 Å². The third-order valence-electron chi connectivity index (χ3n) is 7.13. The van der Waals surface area contributed by atoms with Crippen molar-refractivity contribution in [3.8, 4) is 5.75 Å². The predicted octanol–water partition coefficient (Wildman–Crippen LogP) is 6.15. The molecule has 1 aromatic heterocycles. The third kappa shape index (κ3) is 6.82. The lowest BCUT2D eigenvalue weighted by molar-refractivity contribution is -0.134. The summed E-state index contributed by atoms with van der Waals surface area (Å²) in [5.74, 6) is 0.499. The van der Waals surface area contributed by atoms with Gasteiger partial charge in [-0.1, -0.05) is 61.9 Å². The number of hydrogen-bond acceptors (Lipinski definition) is 5. The lowest BCUT2D eigenvalue weighted by Crippen LogP contribution is -2.41. The molecule has 0 saturated heterocycles. The molecule has 0 radical (unpaired) electrons. The van der Waals surface area contributed by atoms with Crippen molar-refractivity contribution < 1.29 is 23.1 Å². The number of benzene rings is 3. The molecular weight excluding hydrogens is 521 g/mol. The van der Waals surface area contributed by atoms with Crippen LogP contribution in [0.3, 0.4) is 0 Å². The molecule has 0 fully saturated rings. The molecule has 3 aromatic carbocycles. The SMILES string of the molecule is Cc1ccc(C2c3cc(OCc4nc(C(=O)NCc5cccc(F)c5)co4)ccc3CCN2C(=O)CC(C)C)cc1. The number of aryl methyl sites for hydroxylation is 1. The highest BCUT2D eigenvalue weighted by atomic mass is 19.1. The van der Waals surface area contributed by atoms with Gasteiger partial charge in [-0.05, 0) is 65.8 Å². The number of amides is 2. The van der Waals surface area contributed by atoms with E-state index in [1.165, 1.54) is 24.0 Å². The van der Waals surface area contributed by atoms with E-state index in [0.29, 0.717) is 24.3 Å². The van der Waals surface area contributed by atoms with Gasteiger partial charge in [0.25, 0.3) is 5.91 Å². The maximum atomic E-state index is 13.4. The number of rotatable bonds is 9. The molecule has 0 bridgehead atoms. The fraction of sp³-hybridized carbons (Fsp3) is 0.303. The smallest absolute Gasteiger partial charge is 0.273 e. The molecule has 4 aromatic rings. The second-order valence-electron chi connectivity index (χ2n) is 10.8. The van der Waals surface area contributed by atoms with Crippen molar-refractivity contribution in [2.75, 3.05) is 6.54 Å². The number of carbonyl (C=O) groups is 2. The summed E-state index contributed by atoms with van der Waals surface area (Å²) in [5.41, 5.74) is 5.21. The molecule has 8 heteroatoms. The van der Waals surface area contributed by atoms with Crippen molar-refractivity contribution in [3.05, 3.63) is 118 Å². The molecule has 0 spiro atoms. The standard InChI is InChI=1S/C33H34FN3O4/c1-21(2)15-31(38)37-14-13-24-11-12-27(17-28(24)32(37)25-9-7-22(3)8-10-25)40-20-30-36-29(19-41-30)33(39)35-18-23-5-4-6-26(34)16-23/h4-12,16-17,19,21,32H,13-15,18,20H2,1-3H3,(H,35,39). The zero-order chi connectivity index (χ0) is 28.9. The molecule has 2 amide bonds. The minimum atomic E-state index is -0.426. The van der Waals surface area contributed by atoms with Crippen LogP contribution in [0.15, 0.2) is 77.4 Å². The first kappa shape index (κ1) is 28.1. The van der Waals surface area contributed by atoms with Crippen LogP contribution in [0, 0.1) is 18.7 Å². The van der Waals surface area contributed by atoms with E-state index in [1.54, 1.807) is 12.1 Å². The molecular formula is C33H34FN3O4. The number of nitrogens with one attached hydrogen (secondary N) is 1. The first-order valence-corrected chi connectivity index (χ1v) is 13.9. The van der Waals surface area contributed by atoms with Crippen molar-refractivity contribution in [2.24, 2.45) is 5.92 Å². The number of ether oxygens (including phenoxy) is 1. The van der Waals surface area contributed by atoms with Crippen LogP contribution in [-0.4, -0.2) is 28.2 Å². The molecule has 1 atom stereocenters. The Bertz CT molecular complexity index is 1530. The summed E-state index contributed by atoms with van der Waals surface area (Å²) in [6.45, 7) is 7.03. The lowest BCUT2D eigenvalue weighted by atomic mass is 9.87. The average Bonchev–Trinajstić information content (AvgIpc) is 3.43. The number of oxazole rings is 1. The van der Waals surface area contributed by atoms with Crippen LogP contribution in [0.25, 0.3) is 0 Å². The van der Waals surface area contributed by atoms with Gasteiger partial charge >= 0.3 is 0 Å². The van der Waals surface area contributed by atoms with E-state index in [0.717, 1.165) is 23.1 Å². The Morgan fingerprint density at radius 2 is 1.93 bits per heavy atom. The molecule has 1 N–H and O–H groups in total. The summed E-state index contributed by atoms with van der Waals surface area (Å²) in [5, 5.41) is 2.71. The Balaban J connectivity index is 1.30. The topological polar surface area (TPSA) is 84.7 Å². The van der Waals surface area contributed by atoms with Crippen LogP contribution in [0.2, 0.25) is 0 Å². The summed E-state index contributed by atoms with van der Waals surface area (Å²) in [6.07, 6.45) is 2.55. The van der Waals surface area contributed by atoms with Gasteiger partial charge in [0.1, 0.15) is 17.8 Å². The average molecular weight is 556 g/mol. The number of fused-ring (bicyclic) bond motifs is 1. The quantitative estimate of drug-likeness (QED) is 0.268. The fourth-order valence-electron chi connectivity index (χ4n) is 5.07. The molecule has 41 heavy (non-hydrogen) atoms. The first-order valence-electron chi connectivity index (χ1n) is 13.9. The Morgan fingerprint density at radius 3 is 2.68 bits per heavy atom. The normalized spacial score (nSPS) is 14.6. The van der Waals surface area contributed by atoms with Crippen molar-refractivity contribution in [2.45, 2.75) is 52.8 Å². The number of carbonyl (C=O) groups excluding carboxylic acids is 2. The van der Waals surface area contributed by atoms with Crippen LogP contribution in [-0.2, 0) is 24.4 Å². The van der Waals surface area contributed by atoms with E-state index >= 15 is 0 Å². The molecule has 7 nitrogen and oxygen atoms in total. The van der Waals surface area contributed by atoms with Gasteiger partial charge < -0.3 is 19.4 Å². The summed E-state index contributed by atoms with van der Waals surface area (Å²) < 4.78 is 24.9. The van der Waals surface area contributed by atoms with E-state index in [1.807, 2.05) is 24.0 Å². The van der Waals surface area contributed by atoms with E-state index in [4.69, 9.17) is 9.15 Å². The predicted molar refractivity (Wildman–Crippen MR) is 153 cm³/mol. The maximum Gasteiger partial charge on any atom is 0.273 e. The van der Waals surface area contributed by atoms with Crippen LogP contribution in [0.1, 0.15) is 70.5 Å². The molecule has 5 rings (SSSR count). The largest absolute Gasteiger partial charge is 0.484 e. The highest BCUT2D eigenvalue weighted by Crippen LogP contribution is 2.38. The van der Waals surface area contributed by atoms with Gasteiger partial charge in [-0.3, -0.25) is 9.59 Å². The summed E-state index contributed by atoms with van der Waals surface area (Å²) >= 11 is 0. The second kappa shape index (κ2) is 12.4. The van der Waals surface area contributed by atoms with Gasteiger partial charge in [0, 0.05) is 19.5 Å². The minimum absolute atomic E-state index is 0.0289. The number of halogens is 1. The summed E-state index contributed by atoms with van der Waals surface area (Å²) in [7, 11) is 0. The number of nitrogens with zero attached hydrogens (tertiary/aromatic N) is 2. The molecule has 1 unspecified atom stereocenters. The molecule has 1 aliphatic rings. The first-order chi connectivity index (χ1) is 19.8. The lowest BCUT2D eigenvalue weighted by Gasteiger charge is -2.38. The molecule has 0 saturated carbocycles. The molecule has 0 aliphatic carbocycles. The Kier molecular flexibility index (Phi) is 8.47. The van der Waals surface area contributed by atoms with Gasteiger partial charge in [-0.15, -0.1) is 0 Å². The van der Waals surface area contributed by atoms with E-state index in [-0.39, 0.29) is 48.4 Å². The Labute approximate surface area is 239 Å². The highest BCUT2D eigenvalue weighted by molar-refractivity contribution is 5.91. The Morgan fingerprint density at radius 1 is 1.12 bits per heavy atom. The molecule has 1 aliphatic heterocycles. The fourth-order valence-corrected chi connectivity index (χ4v) is 5.07. The van der Waals surface area contributed by atoms with Crippen molar-refractivity contribution in [3.63, 3.8) is 0 Å². The van der Waals surface area contributed by atoms with Crippen LogP contribution in [0.4, 0.5) is 4.39 Å². The Hall–Kier alpha value is -4.46. The van der Waals surface area contributed by atoms with E-state index in [2.05, 4.69) is 54.5 Å². The van der Waals surface area contributed by atoms with Crippen molar-refractivity contribution in [1.82, 2.24) is 15.2 Å². The monoisotopic (exact) mass is 555 g/mol. The third-order valence-corrected chi connectivity index (χ3v) is 7.13. The van der Waals surface area contributed by atoms with Gasteiger partial charge in [0.05, 0.1) is 6.04 Å². The molecule has 212 valence electrons. The second-order valence-corrected chi connectivity index (χ2v) is 10.8. The molecule has 2 heterocycles. The van der Waals surface area contributed by atoms with E-state index < -0.39 is 5.91 Å². The minimum Gasteiger partial charge on any atom is -0.484 e. The zero-order valence-corrected chi connectivity index (χ0v) is 23.5. The van der Waals surface area contributed by atoms with Crippen LogP contribution >= 0.6 is 0 Å². The zero-order valence-electron chi connectivity index (χ0n) is 23.5. The van der Waals surface area contributed by atoms with Crippen LogP contribution < -0.4 is 10.1 Å². The number of aromatic nitrogens is 1.